The maximum Gasteiger partial charge on any atom is 0.123 e. The quantitative estimate of drug-likeness (QED) is 0.601. The summed E-state index contributed by atoms with van der Waals surface area (Å²) in [6.07, 6.45) is 0. The van der Waals surface area contributed by atoms with E-state index in [9.17, 15) is 0 Å². The van der Waals surface area contributed by atoms with Gasteiger partial charge in [-0.25, -0.2) is 0 Å². The van der Waals surface area contributed by atoms with Crippen LogP contribution in [0.25, 0.3) is 0 Å². The van der Waals surface area contributed by atoms with Crippen LogP contribution in [0.15, 0.2) is 30.4 Å². The Kier molecular flexibility index (Phi) is 4.94. The van der Waals surface area contributed by atoms with Gasteiger partial charge in [0.15, 0.2) is 0 Å². The molecule has 0 saturated heterocycles. The zero-order valence-corrected chi connectivity index (χ0v) is 11.2. The van der Waals surface area contributed by atoms with Crippen LogP contribution < -0.4 is 4.74 Å². The van der Waals surface area contributed by atoms with Gasteiger partial charge < -0.3 is 4.74 Å². The molecule has 0 heterocycles. The molecule has 0 amide bonds. The van der Waals surface area contributed by atoms with E-state index >= 15 is 0 Å². The first-order chi connectivity index (χ1) is 7.54. The van der Waals surface area contributed by atoms with Crippen molar-refractivity contribution in [3.05, 3.63) is 41.5 Å². The van der Waals surface area contributed by atoms with Crippen molar-refractivity contribution in [2.75, 3.05) is 12.4 Å². The van der Waals surface area contributed by atoms with Crippen molar-refractivity contribution < 1.29 is 4.74 Å². The van der Waals surface area contributed by atoms with E-state index in [1.807, 2.05) is 0 Å². The lowest BCUT2D eigenvalue weighted by Gasteiger charge is -2.15. The largest absolute Gasteiger partial charge is 0.489 e. The molecule has 1 rings (SSSR count). The maximum absolute atomic E-state index is 5.78. The van der Waals surface area contributed by atoms with Gasteiger partial charge >= 0.3 is 0 Å². The van der Waals surface area contributed by atoms with E-state index in [-0.39, 0.29) is 0 Å². The molecule has 0 spiro atoms. The van der Waals surface area contributed by atoms with Gasteiger partial charge in [-0.1, -0.05) is 32.6 Å². The van der Waals surface area contributed by atoms with Crippen molar-refractivity contribution >= 4 is 12.6 Å². The number of hydrogen-bond acceptors (Lipinski definition) is 2. The van der Waals surface area contributed by atoms with Crippen LogP contribution in [0.2, 0.25) is 0 Å². The van der Waals surface area contributed by atoms with Gasteiger partial charge in [0, 0.05) is 5.75 Å². The van der Waals surface area contributed by atoms with Gasteiger partial charge in [0.1, 0.15) is 12.4 Å². The molecule has 0 aliphatic heterocycles. The van der Waals surface area contributed by atoms with Crippen molar-refractivity contribution in [3.8, 4) is 5.75 Å². The molecule has 0 aliphatic rings. The van der Waals surface area contributed by atoms with Gasteiger partial charge in [0.05, 0.1) is 0 Å². The summed E-state index contributed by atoms with van der Waals surface area (Å²) in [4.78, 5) is 0. The van der Waals surface area contributed by atoms with Gasteiger partial charge in [-0.15, -0.1) is 0 Å². The van der Waals surface area contributed by atoms with Crippen molar-refractivity contribution in [2.24, 2.45) is 0 Å². The average Bonchev–Trinajstić information content (AvgIpc) is 2.25. The Morgan fingerprint density at radius 2 is 2.12 bits per heavy atom. The highest BCUT2D eigenvalue weighted by Crippen LogP contribution is 2.27. The summed E-state index contributed by atoms with van der Waals surface area (Å²) in [5.41, 5.74) is 3.47. The van der Waals surface area contributed by atoms with Crippen LogP contribution in [0.1, 0.15) is 30.9 Å². The topological polar surface area (TPSA) is 9.23 Å². The second-order valence-corrected chi connectivity index (χ2v) is 4.71. The monoisotopic (exact) mass is 236 g/mol. The van der Waals surface area contributed by atoms with E-state index in [2.05, 4.69) is 58.2 Å². The van der Waals surface area contributed by atoms with Crippen LogP contribution in [-0.2, 0) is 0 Å². The predicted octanol–water partition coefficient (Wildman–Crippen LogP) is 3.98. The van der Waals surface area contributed by atoms with Crippen molar-refractivity contribution in [1.29, 1.82) is 0 Å². The van der Waals surface area contributed by atoms with Gasteiger partial charge in [0.25, 0.3) is 0 Å². The standard InChI is InChI=1S/C14H20OS/c1-10(2)13-6-5-11(3)7-14(13)15-8-12(4)9-16/h5-7,10,16H,4,8-9H2,1-3H3. The summed E-state index contributed by atoms with van der Waals surface area (Å²) in [7, 11) is 0. The number of aryl methyl sites for hydroxylation is 1. The van der Waals surface area contributed by atoms with Gasteiger partial charge in [-0.2, -0.15) is 12.6 Å². The Morgan fingerprint density at radius 1 is 1.44 bits per heavy atom. The van der Waals surface area contributed by atoms with Crippen LogP contribution in [-0.4, -0.2) is 12.4 Å². The van der Waals surface area contributed by atoms with Crippen LogP contribution in [0.4, 0.5) is 0 Å². The SMILES string of the molecule is C=C(CS)COc1cc(C)ccc1C(C)C. The Morgan fingerprint density at radius 3 is 2.69 bits per heavy atom. The zero-order chi connectivity index (χ0) is 12.1. The summed E-state index contributed by atoms with van der Waals surface area (Å²) in [6, 6.07) is 6.34. The molecule has 1 aromatic carbocycles. The average molecular weight is 236 g/mol. The summed E-state index contributed by atoms with van der Waals surface area (Å²) >= 11 is 4.17. The highest BCUT2D eigenvalue weighted by molar-refractivity contribution is 7.80. The summed E-state index contributed by atoms with van der Waals surface area (Å²) in [6.45, 7) is 10.8. The van der Waals surface area contributed by atoms with E-state index in [0.29, 0.717) is 18.3 Å². The highest BCUT2D eigenvalue weighted by atomic mass is 32.1. The number of benzene rings is 1. The van der Waals surface area contributed by atoms with Crippen LogP contribution in [0.5, 0.6) is 5.75 Å². The minimum Gasteiger partial charge on any atom is -0.489 e. The first kappa shape index (κ1) is 13.2. The fourth-order valence-corrected chi connectivity index (χ4v) is 1.56. The molecule has 1 aromatic rings. The molecule has 0 radical (unpaired) electrons. The van der Waals surface area contributed by atoms with Crippen LogP contribution in [0.3, 0.4) is 0 Å². The third-order valence-electron chi connectivity index (χ3n) is 2.45. The van der Waals surface area contributed by atoms with E-state index < -0.39 is 0 Å². The minimum atomic E-state index is 0.472. The molecule has 16 heavy (non-hydrogen) atoms. The molecule has 0 atom stereocenters. The molecule has 0 N–H and O–H groups in total. The minimum absolute atomic E-state index is 0.472. The Balaban J connectivity index is 2.84. The Bertz CT molecular complexity index is 369. The van der Waals surface area contributed by atoms with Crippen molar-refractivity contribution in [2.45, 2.75) is 26.7 Å². The summed E-state index contributed by atoms with van der Waals surface area (Å²) < 4.78 is 5.78. The van der Waals surface area contributed by atoms with Crippen LogP contribution in [0, 0.1) is 6.92 Å². The second-order valence-electron chi connectivity index (χ2n) is 4.39. The molecule has 0 fully saturated rings. The highest BCUT2D eigenvalue weighted by Gasteiger charge is 2.08. The molecule has 0 bridgehead atoms. The van der Waals surface area contributed by atoms with Gasteiger partial charge in [-0.05, 0) is 35.6 Å². The molecule has 0 unspecified atom stereocenters. The molecule has 0 aromatic heterocycles. The summed E-state index contributed by atoms with van der Waals surface area (Å²) in [5, 5.41) is 0. The third-order valence-corrected chi connectivity index (χ3v) is 2.89. The van der Waals surface area contributed by atoms with E-state index in [1.54, 1.807) is 0 Å². The van der Waals surface area contributed by atoms with Crippen LogP contribution >= 0.6 is 12.6 Å². The molecule has 1 nitrogen and oxygen atoms in total. The first-order valence-electron chi connectivity index (χ1n) is 5.55. The van der Waals surface area contributed by atoms with E-state index in [4.69, 9.17) is 4.74 Å². The van der Waals surface area contributed by atoms with Crippen molar-refractivity contribution in [3.63, 3.8) is 0 Å². The Labute approximate surface area is 104 Å². The van der Waals surface area contributed by atoms with Crippen molar-refractivity contribution in [1.82, 2.24) is 0 Å². The summed E-state index contributed by atoms with van der Waals surface area (Å²) in [5.74, 6) is 2.11. The van der Waals surface area contributed by atoms with E-state index in [1.165, 1.54) is 11.1 Å². The lowest BCUT2D eigenvalue weighted by molar-refractivity contribution is 0.347. The second kappa shape index (κ2) is 6.00. The number of thiol groups is 1. The number of rotatable bonds is 5. The maximum atomic E-state index is 5.78. The van der Waals surface area contributed by atoms with E-state index in [0.717, 1.165) is 11.3 Å². The lowest BCUT2D eigenvalue weighted by Crippen LogP contribution is -2.04. The fraction of sp³-hybridized carbons (Fsp3) is 0.429. The first-order valence-corrected chi connectivity index (χ1v) is 6.18. The molecule has 88 valence electrons. The fourth-order valence-electron chi connectivity index (χ4n) is 1.47. The normalized spacial score (nSPS) is 10.6. The number of ether oxygens (including phenoxy) is 1. The zero-order valence-electron chi connectivity index (χ0n) is 10.3. The Hall–Kier alpha value is -0.890. The third kappa shape index (κ3) is 3.60. The molecular weight excluding hydrogens is 216 g/mol. The molecule has 0 saturated carbocycles. The van der Waals surface area contributed by atoms with Gasteiger partial charge in [-0.3, -0.25) is 0 Å². The number of hydrogen-bond donors (Lipinski definition) is 1. The predicted molar refractivity (Wildman–Crippen MR) is 73.8 cm³/mol. The molecule has 0 aliphatic carbocycles. The molecular formula is C14H20OS. The lowest BCUT2D eigenvalue weighted by atomic mass is 10.0. The smallest absolute Gasteiger partial charge is 0.123 e. The molecule has 2 heteroatoms. The van der Waals surface area contributed by atoms with Gasteiger partial charge in [0.2, 0.25) is 0 Å².